The van der Waals surface area contributed by atoms with Gasteiger partial charge in [0.1, 0.15) is 0 Å². The third-order valence-electron chi connectivity index (χ3n) is 4.66. The van der Waals surface area contributed by atoms with Gasteiger partial charge in [-0.1, -0.05) is 19.3 Å². The van der Waals surface area contributed by atoms with E-state index >= 15 is 0 Å². The predicted molar refractivity (Wildman–Crippen MR) is 85.0 cm³/mol. The van der Waals surface area contributed by atoms with Crippen molar-refractivity contribution in [2.45, 2.75) is 52.0 Å². The van der Waals surface area contributed by atoms with E-state index in [-0.39, 0.29) is 5.63 Å². The van der Waals surface area contributed by atoms with Crippen LogP contribution in [0.1, 0.15) is 43.2 Å². The second kappa shape index (κ2) is 5.51. The number of benzene rings is 1. The van der Waals surface area contributed by atoms with Crippen LogP contribution in [0.5, 0.6) is 0 Å². The SMILES string of the molecule is Cc1cc2nc(N(C)C3CCCCC3)oc(=O)c2cc1C. The van der Waals surface area contributed by atoms with Crippen LogP contribution in [0.3, 0.4) is 0 Å². The summed E-state index contributed by atoms with van der Waals surface area (Å²) in [6.45, 7) is 4.03. The first-order valence-electron chi connectivity index (χ1n) is 7.71. The third kappa shape index (κ3) is 2.67. The van der Waals surface area contributed by atoms with Crippen LogP contribution < -0.4 is 10.5 Å². The van der Waals surface area contributed by atoms with Gasteiger partial charge in [0.25, 0.3) is 0 Å². The van der Waals surface area contributed by atoms with Gasteiger partial charge in [-0.05, 0) is 49.9 Å². The second-order valence-corrected chi connectivity index (χ2v) is 6.14. The maximum atomic E-state index is 12.2. The molecule has 0 atom stereocenters. The van der Waals surface area contributed by atoms with Crippen LogP contribution in [0.4, 0.5) is 6.01 Å². The van der Waals surface area contributed by atoms with E-state index in [0.29, 0.717) is 17.4 Å². The Labute approximate surface area is 124 Å². The van der Waals surface area contributed by atoms with Crippen LogP contribution in [0, 0.1) is 13.8 Å². The minimum absolute atomic E-state index is 0.291. The Hall–Kier alpha value is -1.84. The first kappa shape index (κ1) is 14.1. The van der Waals surface area contributed by atoms with Crippen molar-refractivity contribution in [2.75, 3.05) is 11.9 Å². The fourth-order valence-electron chi connectivity index (χ4n) is 3.10. The molecule has 1 aromatic heterocycles. The highest BCUT2D eigenvalue weighted by Gasteiger charge is 2.21. The Balaban J connectivity index is 2.03. The van der Waals surface area contributed by atoms with Crippen molar-refractivity contribution in [1.29, 1.82) is 0 Å². The number of aromatic nitrogens is 1. The molecule has 0 bridgehead atoms. The lowest BCUT2D eigenvalue weighted by molar-refractivity contribution is 0.396. The fourth-order valence-corrected chi connectivity index (χ4v) is 3.10. The van der Waals surface area contributed by atoms with Crippen LogP contribution in [-0.4, -0.2) is 18.1 Å². The monoisotopic (exact) mass is 286 g/mol. The number of fused-ring (bicyclic) bond motifs is 1. The topological polar surface area (TPSA) is 46.3 Å². The fraction of sp³-hybridized carbons (Fsp3) is 0.529. The first-order valence-corrected chi connectivity index (χ1v) is 7.71. The molecule has 21 heavy (non-hydrogen) atoms. The number of hydrogen-bond acceptors (Lipinski definition) is 4. The molecule has 1 aliphatic rings. The van der Waals surface area contributed by atoms with E-state index in [4.69, 9.17) is 4.42 Å². The molecule has 1 fully saturated rings. The van der Waals surface area contributed by atoms with Crippen LogP contribution in [0.25, 0.3) is 10.9 Å². The molecule has 0 spiro atoms. The standard InChI is InChI=1S/C17H22N2O2/c1-11-9-14-15(10-12(11)2)18-17(21-16(14)20)19(3)13-7-5-4-6-8-13/h9-10,13H,4-8H2,1-3H3. The van der Waals surface area contributed by atoms with Gasteiger partial charge >= 0.3 is 11.6 Å². The van der Waals surface area contributed by atoms with Crippen molar-refractivity contribution in [3.63, 3.8) is 0 Å². The van der Waals surface area contributed by atoms with Crippen molar-refractivity contribution in [3.05, 3.63) is 33.7 Å². The molecule has 0 N–H and O–H groups in total. The highest BCUT2D eigenvalue weighted by molar-refractivity contribution is 5.79. The molecular formula is C17H22N2O2. The van der Waals surface area contributed by atoms with E-state index in [9.17, 15) is 4.79 Å². The van der Waals surface area contributed by atoms with Gasteiger partial charge in [0.05, 0.1) is 10.9 Å². The molecule has 112 valence electrons. The van der Waals surface area contributed by atoms with E-state index in [1.54, 1.807) is 0 Å². The van der Waals surface area contributed by atoms with Crippen molar-refractivity contribution in [2.24, 2.45) is 0 Å². The van der Waals surface area contributed by atoms with Gasteiger partial charge in [-0.15, -0.1) is 0 Å². The maximum Gasteiger partial charge on any atom is 0.348 e. The van der Waals surface area contributed by atoms with Crippen LogP contribution in [-0.2, 0) is 0 Å². The predicted octanol–water partition coefficient (Wildman–Crippen LogP) is 3.57. The third-order valence-corrected chi connectivity index (χ3v) is 4.66. The number of anilines is 1. The van der Waals surface area contributed by atoms with Crippen molar-refractivity contribution in [3.8, 4) is 0 Å². The van der Waals surface area contributed by atoms with Crippen LogP contribution in [0.15, 0.2) is 21.3 Å². The van der Waals surface area contributed by atoms with Crippen LogP contribution in [0.2, 0.25) is 0 Å². The summed E-state index contributed by atoms with van der Waals surface area (Å²) >= 11 is 0. The molecule has 2 aromatic rings. The summed E-state index contributed by atoms with van der Waals surface area (Å²) in [5.74, 6) is 0. The van der Waals surface area contributed by atoms with Gasteiger partial charge in [0.15, 0.2) is 0 Å². The van der Waals surface area contributed by atoms with Crippen molar-refractivity contribution in [1.82, 2.24) is 4.98 Å². The molecule has 1 heterocycles. The number of nitrogens with zero attached hydrogens (tertiary/aromatic N) is 2. The summed E-state index contributed by atoms with van der Waals surface area (Å²) < 4.78 is 5.46. The zero-order chi connectivity index (χ0) is 15.0. The molecule has 0 radical (unpaired) electrons. The molecule has 0 amide bonds. The summed E-state index contributed by atoms with van der Waals surface area (Å²) in [7, 11) is 1.98. The molecule has 3 rings (SSSR count). The lowest BCUT2D eigenvalue weighted by atomic mass is 9.95. The van der Waals surface area contributed by atoms with Gasteiger partial charge < -0.3 is 9.32 Å². The minimum Gasteiger partial charge on any atom is -0.389 e. The zero-order valence-electron chi connectivity index (χ0n) is 13.0. The number of rotatable bonds is 2. The Kier molecular flexibility index (Phi) is 3.70. The Morgan fingerprint density at radius 2 is 1.81 bits per heavy atom. The largest absolute Gasteiger partial charge is 0.389 e. The average molecular weight is 286 g/mol. The van der Waals surface area contributed by atoms with E-state index in [2.05, 4.69) is 4.98 Å². The maximum absolute atomic E-state index is 12.2. The summed E-state index contributed by atoms with van der Waals surface area (Å²) in [4.78, 5) is 18.8. The summed E-state index contributed by atoms with van der Waals surface area (Å²) in [6, 6.07) is 4.72. The number of hydrogen-bond donors (Lipinski definition) is 0. The van der Waals surface area contributed by atoms with Crippen molar-refractivity contribution >= 4 is 16.9 Å². The molecule has 4 nitrogen and oxygen atoms in total. The molecule has 1 aromatic carbocycles. The number of aryl methyl sites for hydroxylation is 2. The average Bonchev–Trinajstić information content (AvgIpc) is 2.49. The molecule has 4 heteroatoms. The Morgan fingerprint density at radius 1 is 1.14 bits per heavy atom. The molecule has 1 saturated carbocycles. The lowest BCUT2D eigenvalue weighted by Crippen LogP contribution is -2.34. The highest BCUT2D eigenvalue weighted by atomic mass is 16.4. The summed E-state index contributed by atoms with van der Waals surface area (Å²) in [6.07, 6.45) is 6.08. The van der Waals surface area contributed by atoms with Crippen LogP contribution >= 0.6 is 0 Å². The smallest absolute Gasteiger partial charge is 0.348 e. The van der Waals surface area contributed by atoms with E-state index in [0.717, 1.165) is 29.5 Å². The summed E-state index contributed by atoms with van der Waals surface area (Å²) in [5.41, 5.74) is 2.67. The van der Waals surface area contributed by atoms with E-state index in [1.807, 2.05) is 37.9 Å². The molecule has 0 unspecified atom stereocenters. The normalized spacial score (nSPS) is 16.3. The van der Waals surface area contributed by atoms with Gasteiger partial charge in [0.2, 0.25) is 0 Å². The van der Waals surface area contributed by atoms with E-state index < -0.39 is 0 Å². The molecule has 0 aliphatic heterocycles. The van der Waals surface area contributed by atoms with Gasteiger partial charge in [0, 0.05) is 13.1 Å². The zero-order valence-corrected chi connectivity index (χ0v) is 13.0. The quantitative estimate of drug-likeness (QED) is 0.846. The molecule has 1 aliphatic carbocycles. The van der Waals surface area contributed by atoms with Gasteiger partial charge in [-0.2, -0.15) is 4.98 Å². The Morgan fingerprint density at radius 3 is 2.52 bits per heavy atom. The lowest BCUT2D eigenvalue weighted by Gasteiger charge is -2.30. The first-order chi connectivity index (χ1) is 10.1. The van der Waals surface area contributed by atoms with Crippen molar-refractivity contribution < 1.29 is 4.42 Å². The Bertz CT molecular complexity index is 715. The van der Waals surface area contributed by atoms with E-state index in [1.165, 1.54) is 19.3 Å². The summed E-state index contributed by atoms with van der Waals surface area (Å²) in [5, 5.41) is 0.568. The minimum atomic E-state index is -0.291. The molecule has 0 saturated heterocycles. The second-order valence-electron chi connectivity index (χ2n) is 6.14. The highest BCUT2D eigenvalue weighted by Crippen LogP contribution is 2.25. The van der Waals surface area contributed by atoms with Gasteiger partial charge in [-0.25, -0.2) is 4.79 Å². The van der Waals surface area contributed by atoms with Gasteiger partial charge in [-0.3, -0.25) is 0 Å². The molecular weight excluding hydrogens is 264 g/mol.